The first kappa shape index (κ1) is 15.5. The molecular weight excluding hydrogens is 340 g/mol. The summed E-state index contributed by atoms with van der Waals surface area (Å²) >= 11 is 5.95. The van der Waals surface area contributed by atoms with Crippen LogP contribution in [0.5, 0.6) is 0 Å². The summed E-state index contributed by atoms with van der Waals surface area (Å²) in [6.07, 6.45) is 0. The van der Waals surface area contributed by atoms with Gasteiger partial charge in [-0.15, -0.1) is 0 Å². The second kappa shape index (κ2) is 5.79. The van der Waals surface area contributed by atoms with Gasteiger partial charge in [-0.2, -0.15) is 0 Å². The van der Waals surface area contributed by atoms with Crippen LogP contribution in [-0.4, -0.2) is 23.0 Å². The molecule has 0 spiro atoms. The maximum atomic E-state index is 12.3. The number of aromatic amines is 2. The Balaban J connectivity index is 2.08. The highest BCUT2D eigenvalue weighted by atomic mass is 35.5. The zero-order valence-corrected chi connectivity index (χ0v) is 14.0. The molecule has 0 aliphatic heterocycles. The number of H-pyrrole nitrogens is 2. The van der Waals surface area contributed by atoms with Crippen LogP contribution in [-0.2, 0) is 4.74 Å². The van der Waals surface area contributed by atoms with Gasteiger partial charge in [-0.05, 0) is 35.9 Å². The molecule has 25 heavy (non-hydrogen) atoms. The minimum absolute atomic E-state index is 0.100. The van der Waals surface area contributed by atoms with Crippen LogP contribution in [0.15, 0.2) is 53.3 Å². The first-order valence-corrected chi connectivity index (χ1v) is 7.97. The van der Waals surface area contributed by atoms with Crippen molar-refractivity contribution in [2.24, 2.45) is 0 Å². The summed E-state index contributed by atoms with van der Waals surface area (Å²) in [5.74, 6) is -0.455. The van der Waals surface area contributed by atoms with Gasteiger partial charge in [0, 0.05) is 22.2 Å². The quantitative estimate of drug-likeness (QED) is 0.533. The second-order valence-electron chi connectivity index (χ2n) is 5.68. The Kier molecular flexibility index (Phi) is 3.58. The maximum Gasteiger partial charge on any atom is 0.340 e. The minimum atomic E-state index is -0.455. The molecule has 4 rings (SSSR count). The average molecular weight is 353 g/mol. The summed E-state index contributed by atoms with van der Waals surface area (Å²) in [7, 11) is 1.34. The number of carbonyl (C=O) groups is 1. The van der Waals surface area contributed by atoms with Crippen molar-refractivity contribution in [3.8, 4) is 11.3 Å². The molecule has 6 heteroatoms. The van der Waals surface area contributed by atoms with E-state index >= 15 is 0 Å². The summed E-state index contributed by atoms with van der Waals surface area (Å²) in [5.41, 5.74) is 3.93. The summed E-state index contributed by atoms with van der Waals surface area (Å²) < 4.78 is 4.92. The third-order valence-electron chi connectivity index (χ3n) is 4.15. The van der Waals surface area contributed by atoms with Gasteiger partial charge in [0.15, 0.2) is 5.43 Å². The second-order valence-corrected chi connectivity index (χ2v) is 6.11. The summed E-state index contributed by atoms with van der Waals surface area (Å²) in [5, 5.41) is 1.46. The lowest BCUT2D eigenvalue weighted by Crippen LogP contribution is -2.03. The zero-order chi connectivity index (χ0) is 17.6. The van der Waals surface area contributed by atoms with Crippen molar-refractivity contribution >= 4 is 39.5 Å². The molecule has 0 aliphatic carbocycles. The predicted molar refractivity (Wildman–Crippen MR) is 98.2 cm³/mol. The molecule has 2 heterocycles. The standard InChI is InChI=1S/C19H13ClN2O3/c1-25-19(24)14-9-15(10-2-4-11(20)5-3-10)21-17-13-7-6-12(23)8-16(13)22-18(14)17/h2-9,21-22H,1H3. The van der Waals surface area contributed by atoms with Crippen molar-refractivity contribution in [2.75, 3.05) is 7.11 Å². The molecule has 4 aromatic rings. The largest absolute Gasteiger partial charge is 0.465 e. The molecule has 124 valence electrons. The summed E-state index contributed by atoms with van der Waals surface area (Å²) in [6.45, 7) is 0. The number of pyridine rings is 1. The highest BCUT2D eigenvalue weighted by Crippen LogP contribution is 2.30. The summed E-state index contributed by atoms with van der Waals surface area (Å²) in [4.78, 5) is 30.4. The van der Waals surface area contributed by atoms with Gasteiger partial charge < -0.3 is 14.7 Å². The van der Waals surface area contributed by atoms with Crippen LogP contribution >= 0.6 is 11.6 Å². The fourth-order valence-corrected chi connectivity index (χ4v) is 3.08. The van der Waals surface area contributed by atoms with E-state index in [4.69, 9.17) is 16.3 Å². The SMILES string of the molecule is COC(=O)c1cc(-c2ccc(Cl)cc2)[nH]c2c1[nH]c1cc(=O)ccc12. The van der Waals surface area contributed by atoms with Gasteiger partial charge in [0.2, 0.25) is 0 Å². The number of methoxy groups -OCH3 is 1. The molecule has 0 bridgehead atoms. The monoisotopic (exact) mass is 352 g/mol. The predicted octanol–water partition coefficient (Wildman–Crippen LogP) is 4.12. The Morgan fingerprint density at radius 2 is 1.76 bits per heavy atom. The Bertz CT molecular complexity index is 1170. The topological polar surface area (TPSA) is 75.0 Å². The highest BCUT2D eigenvalue weighted by molar-refractivity contribution is 6.30. The number of hydrogen-bond donors (Lipinski definition) is 2. The minimum Gasteiger partial charge on any atom is -0.465 e. The Hall–Kier alpha value is -3.05. The van der Waals surface area contributed by atoms with Crippen LogP contribution in [0, 0.1) is 0 Å². The van der Waals surface area contributed by atoms with Crippen LogP contribution in [0.2, 0.25) is 5.02 Å². The molecule has 0 fully saturated rings. The Morgan fingerprint density at radius 3 is 2.48 bits per heavy atom. The molecule has 2 aromatic carbocycles. The smallest absolute Gasteiger partial charge is 0.340 e. The van der Waals surface area contributed by atoms with E-state index in [2.05, 4.69) is 9.97 Å². The van der Waals surface area contributed by atoms with Crippen LogP contribution < -0.4 is 5.43 Å². The molecular formula is C19H13ClN2O3. The molecule has 2 N–H and O–H groups in total. The lowest BCUT2D eigenvalue weighted by molar-refractivity contribution is 0.0603. The van der Waals surface area contributed by atoms with Crippen LogP contribution in [0.3, 0.4) is 0 Å². The highest BCUT2D eigenvalue weighted by Gasteiger charge is 2.17. The molecule has 0 unspecified atom stereocenters. The normalized spacial score (nSPS) is 11.1. The van der Waals surface area contributed by atoms with Crippen LogP contribution in [0.25, 0.3) is 33.2 Å². The number of fused-ring (bicyclic) bond motifs is 3. The van der Waals surface area contributed by atoms with Crippen molar-refractivity contribution in [3.63, 3.8) is 0 Å². The van der Waals surface area contributed by atoms with Gasteiger partial charge in [-0.25, -0.2) is 4.79 Å². The molecule has 0 radical (unpaired) electrons. The number of esters is 1. The van der Waals surface area contributed by atoms with Crippen molar-refractivity contribution in [1.82, 2.24) is 9.97 Å². The van der Waals surface area contributed by atoms with Gasteiger partial charge in [-0.1, -0.05) is 23.7 Å². The Morgan fingerprint density at radius 1 is 1.00 bits per heavy atom. The van der Waals surface area contributed by atoms with E-state index in [9.17, 15) is 9.59 Å². The van der Waals surface area contributed by atoms with E-state index in [1.54, 1.807) is 24.3 Å². The molecule has 5 nitrogen and oxygen atoms in total. The van der Waals surface area contributed by atoms with E-state index < -0.39 is 5.97 Å². The number of aromatic nitrogens is 2. The van der Waals surface area contributed by atoms with Crippen molar-refractivity contribution in [2.45, 2.75) is 0 Å². The van der Waals surface area contributed by atoms with Gasteiger partial charge in [-0.3, -0.25) is 4.79 Å². The van der Waals surface area contributed by atoms with Crippen molar-refractivity contribution in [3.05, 3.63) is 69.3 Å². The third-order valence-corrected chi connectivity index (χ3v) is 4.40. The van der Waals surface area contributed by atoms with Gasteiger partial charge in [0.05, 0.1) is 29.2 Å². The number of halogens is 1. The molecule has 0 atom stereocenters. The van der Waals surface area contributed by atoms with Crippen LogP contribution in [0.4, 0.5) is 0 Å². The lowest BCUT2D eigenvalue weighted by atomic mass is 10.1. The first-order valence-electron chi connectivity index (χ1n) is 7.60. The maximum absolute atomic E-state index is 12.3. The van der Waals surface area contributed by atoms with Gasteiger partial charge >= 0.3 is 5.97 Å². The van der Waals surface area contributed by atoms with E-state index in [1.807, 2.05) is 12.1 Å². The molecule has 0 saturated carbocycles. The number of rotatable bonds is 2. The molecule has 2 aromatic heterocycles. The third kappa shape index (κ3) is 2.58. The molecule has 0 amide bonds. The first-order chi connectivity index (χ1) is 12.1. The van der Waals surface area contributed by atoms with Gasteiger partial charge in [0.25, 0.3) is 0 Å². The van der Waals surface area contributed by atoms with Crippen LogP contribution in [0.1, 0.15) is 10.4 Å². The fraction of sp³-hybridized carbons (Fsp3) is 0.0526. The molecule has 0 saturated heterocycles. The zero-order valence-electron chi connectivity index (χ0n) is 13.2. The van der Waals surface area contributed by atoms with E-state index in [-0.39, 0.29) is 5.43 Å². The molecule has 0 aliphatic rings. The number of hydrogen-bond acceptors (Lipinski definition) is 3. The fourth-order valence-electron chi connectivity index (χ4n) is 2.95. The number of ether oxygens (including phenoxy) is 1. The van der Waals surface area contributed by atoms with Crippen molar-refractivity contribution < 1.29 is 9.53 Å². The number of carbonyl (C=O) groups excluding carboxylic acids is 1. The van der Waals surface area contributed by atoms with E-state index in [0.717, 1.165) is 22.2 Å². The number of nitrogens with one attached hydrogen (secondary N) is 2. The van der Waals surface area contributed by atoms with E-state index in [1.165, 1.54) is 19.2 Å². The van der Waals surface area contributed by atoms with Crippen molar-refractivity contribution in [1.29, 1.82) is 0 Å². The van der Waals surface area contributed by atoms with E-state index in [0.29, 0.717) is 21.6 Å². The lowest BCUT2D eigenvalue weighted by Gasteiger charge is -2.08. The summed E-state index contributed by atoms with van der Waals surface area (Å²) in [6, 6.07) is 13.8. The van der Waals surface area contributed by atoms with Gasteiger partial charge in [0.1, 0.15) is 0 Å². The average Bonchev–Trinajstić information content (AvgIpc) is 2.98. The Labute approximate surface area is 147 Å². The number of benzene rings is 2.